The summed E-state index contributed by atoms with van der Waals surface area (Å²) < 4.78 is 22.5. The standard InChI is InChI=1S/C29H28N4O3.C20H14BrN3O.C11H19BO2.CH4/c1-29(2,3)36-28(35)32-16-14-22(18-32)24-17-26(33-19-30-15-13-25(24)33)20-9-11-21(12-10-20)27(34)31-23-7-5-4-6-8-23;21-17-12-19(24-13-22-11-10-18(17)24)14-6-8-15(9-7-14)20(25)23-16-4-2-1-3-5-16;1-10(2)11(3,4)14-12(13-10)9-7-5-6-8-9;/h4-15,17,19H,16,18H2,1-3H3,(H,31,34);1-13H,(H,23,25);7H,5-6,8H2,1-4H3;1H4. The Kier molecular flexibility index (Phi) is 16.6. The Morgan fingerprint density at radius 1 is 0.671 bits per heavy atom. The number of allylic oxidation sites excluding steroid dienone is 2. The van der Waals surface area contributed by atoms with E-state index in [1.54, 1.807) is 29.9 Å². The number of nitrogens with zero attached hydrogens (tertiary/aromatic N) is 5. The molecule has 0 radical (unpaired) electrons. The van der Waals surface area contributed by atoms with Crippen LogP contribution in [0.5, 0.6) is 0 Å². The highest BCUT2D eigenvalue weighted by molar-refractivity contribution is 9.10. The molecule has 11 rings (SSSR count). The molecule has 3 amide bonds. The van der Waals surface area contributed by atoms with Gasteiger partial charge in [-0.25, -0.2) is 14.8 Å². The molecular formula is C61H65BBrN7O6. The molecule has 0 spiro atoms. The molecule has 390 valence electrons. The summed E-state index contributed by atoms with van der Waals surface area (Å²) in [5, 5.41) is 5.80. The lowest BCUT2D eigenvalue weighted by Gasteiger charge is -2.32. The van der Waals surface area contributed by atoms with E-state index in [0.717, 1.165) is 67.0 Å². The van der Waals surface area contributed by atoms with E-state index in [4.69, 9.17) is 14.0 Å². The van der Waals surface area contributed by atoms with Crippen LogP contribution in [0.2, 0.25) is 0 Å². The van der Waals surface area contributed by atoms with E-state index < -0.39 is 5.60 Å². The lowest BCUT2D eigenvalue weighted by molar-refractivity contribution is 0.00578. The number of hydrogen-bond donors (Lipinski definition) is 2. The number of benzene rings is 4. The first-order valence-corrected chi connectivity index (χ1v) is 25.9. The summed E-state index contributed by atoms with van der Waals surface area (Å²) in [6, 6.07) is 42.0. The van der Waals surface area contributed by atoms with Crippen LogP contribution in [0.1, 0.15) is 101 Å². The molecule has 6 heterocycles. The average Bonchev–Trinajstić information content (AvgIpc) is 4.27. The molecule has 4 aromatic carbocycles. The van der Waals surface area contributed by atoms with Crippen molar-refractivity contribution in [1.82, 2.24) is 23.7 Å². The van der Waals surface area contributed by atoms with Crippen LogP contribution < -0.4 is 10.6 Å². The van der Waals surface area contributed by atoms with Crippen molar-refractivity contribution in [1.29, 1.82) is 0 Å². The SMILES string of the molecule is C.CC(C)(C)OC(=O)N1CC=C(c2cc(-c3ccc(C(=O)Nc4ccccc4)cc3)n3cnccc23)C1.CC1(C)OB(C2=CCCC2)OC1(C)C.O=C(Nc1ccccc1)c1ccc(-c2cc(Br)c3ccncn23)cc1. The minimum absolute atomic E-state index is 0. The number of halogens is 1. The van der Waals surface area contributed by atoms with E-state index in [2.05, 4.69) is 88.5 Å². The Morgan fingerprint density at radius 2 is 1.17 bits per heavy atom. The molecule has 1 saturated heterocycles. The number of fused-ring (bicyclic) bond motifs is 2. The smallest absolute Gasteiger partial charge is 0.444 e. The van der Waals surface area contributed by atoms with Crippen molar-refractivity contribution >= 4 is 68.9 Å². The first kappa shape index (κ1) is 54.7. The topological polar surface area (TPSA) is 141 Å². The molecule has 4 aromatic heterocycles. The number of hydrogen-bond acceptors (Lipinski definition) is 8. The molecule has 15 heteroatoms. The lowest BCUT2D eigenvalue weighted by Crippen LogP contribution is -2.41. The third-order valence-electron chi connectivity index (χ3n) is 13.6. The molecule has 2 aliphatic heterocycles. The zero-order valence-electron chi connectivity index (χ0n) is 43.3. The Balaban J connectivity index is 0.000000165. The molecule has 13 nitrogen and oxygen atoms in total. The van der Waals surface area contributed by atoms with Gasteiger partial charge in [0.1, 0.15) is 5.60 Å². The molecule has 1 aliphatic carbocycles. The fraction of sp³-hybridized carbons (Fsp3) is 0.262. The van der Waals surface area contributed by atoms with Crippen molar-refractivity contribution in [2.24, 2.45) is 0 Å². The number of anilines is 2. The second-order valence-electron chi connectivity index (χ2n) is 20.6. The summed E-state index contributed by atoms with van der Waals surface area (Å²) in [6.45, 7) is 15.0. The Morgan fingerprint density at radius 3 is 1.67 bits per heavy atom. The number of ether oxygens (including phenoxy) is 1. The van der Waals surface area contributed by atoms with Crippen LogP contribution in [0.4, 0.5) is 16.2 Å². The quantitative estimate of drug-likeness (QED) is 0.143. The number of nitrogens with one attached hydrogen (secondary N) is 2. The van der Waals surface area contributed by atoms with Gasteiger partial charge in [-0.2, -0.15) is 0 Å². The highest BCUT2D eigenvalue weighted by atomic mass is 79.9. The van der Waals surface area contributed by atoms with Crippen LogP contribution in [0.15, 0.2) is 181 Å². The zero-order chi connectivity index (χ0) is 52.9. The average molecular weight is 1080 g/mol. The monoisotopic (exact) mass is 1080 g/mol. The van der Waals surface area contributed by atoms with Crippen molar-refractivity contribution in [3.05, 3.63) is 197 Å². The minimum atomic E-state index is -0.536. The molecule has 0 bridgehead atoms. The van der Waals surface area contributed by atoms with Gasteiger partial charge >= 0.3 is 13.2 Å². The maximum Gasteiger partial charge on any atom is 0.490 e. The van der Waals surface area contributed by atoms with Crippen LogP contribution >= 0.6 is 15.9 Å². The van der Waals surface area contributed by atoms with Gasteiger partial charge < -0.3 is 29.6 Å². The van der Waals surface area contributed by atoms with Crippen LogP contribution in [-0.2, 0) is 14.0 Å². The van der Waals surface area contributed by atoms with Crippen LogP contribution in [-0.4, -0.2) is 78.6 Å². The van der Waals surface area contributed by atoms with E-state index in [1.807, 2.05) is 151 Å². The Hall–Kier alpha value is -7.59. The second-order valence-corrected chi connectivity index (χ2v) is 21.5. The van der Waals surface area contributed by atoms with Gasteiger partial charge in [-0.1, -0.05) is 80.2 Å². The molecule has 2 N–H and O–H groups in total. The maximum absolute atomic E-state index is 12.6. The molecular weight excluding hydrogens is 1020 g/mol. The molecule has 0 unspecified atom stereocenters. The molecule has 1 fully saturated rings. The van der Waals surface area contributed by atoms with Gasteiger partial charge in [0.15, 0.2) is 0 Å². The van der Waals surface area contributed by atoms with Crippen LogP contribution in [0.3, 0.4) is 0 Å². The van der Waals surface area contributed by atoms with Crippen LogP contribution in [0, 0.1) is 0 Å². The van der Waals surface area contributed by atoms with Crippen molar-refractivity contribution in [2.75, 3.05) is 23.7 Å². The maximum atomic E-state index is 12.6. The fourth-order valence-corrected chi connectivity index (χ4v) is 9.46. The number of amides is 3. The Bertz CT molecular complexity index is 3380. The summed E-state index contributed by atoms with van der Waals surface area (Å²) in [7, 11) is -0.0949. The molecule has 8 aromatic rings. The van der Waals surface area contributed by atoms with E-state index in [1.165, 1.54) is 18.3 Å². The molecule has 0 saturated carbocycles. The van der Waals surface area contributed by atoms with Crippen LogP contribution in [0.25, 0.3) is 39.1 Å². The number of aromatic nitrogens is 4. The third-order valence-corrected chi connectivity index (χ3v) is 14.2. The molecule has 3 aliphatic rings. The normalized spacial score (nSPS) is 15.4. The summed E-state index contributed by atoms with van der Waals surface area (Å²) in [6.07, 6.45) is 14.7. The van der Waals surface area contributed by atoms with Gasteiger partial charge in [0.05, 0.1) is 46.3 Å². The number of carbonyl (C=O) groups excluding carboxylic acids is 3. The van der Waals surface area contributed by atoms with Gasteiger partial charge in [0, 0.05) is 58.0 Å². The first-order valence-electron chi connectivity index (χ1n) is 25.1. The van der Waals surface area contributed by atoms with Gasteiger partial charge in [-0.05, 0) is 179 Å². The van der Waals surface area contributed by atoms with E-state index in [-0.39, 0.29) is 43.7 Å². The number of para-hydroxylation sites is 2. The van der Waals surface area contributed by atoms with Gasteiger partial charge in [-0.3, -0.25) is 18.4 Å². The van der Waals surface area contributed by atoms with Crippen molar-refractivity contribution in [2.45, 2.75) is 92.0 Å². The van der Waals surface area contributed by atoms with Crippen molar-refractivity contribution in [3.63, 3.8) is 0 Å². The van der Waals surface area contributed by atoms with Gasteiger partial charge in [0.2, 0.25) is 0 Å². The summed E-state index contributed by atoms with van der Waals surface area (Å²) in [4.78, 5) is 47.7. The third kappa shape index (κ3) is 12.6. The van der Waals surface area contributed by atoms with Crippen molar-refractivity contribution < 1.29 is 28.4 Å². The summed E-state index contributed by atoms with van der Waals surface area (Å²) >= 11 is 3.58. The predicted octanol–water partition coefficient (Wildman–Crippen LogP) is 14.3. The minimum Gasteiger partial charge on any atom is -0.444 e. The molecule has 76 heavy (non-hydrogen) atoms. The highest BCUT2D eigenvalue weighted by Gasteiger charge is 2.52. The van der Waals surface area contributed by atoms with Gasteiger partial charge in [-0.15, -0.1) is 0 Å². The highest BCUT2D eigenvalue weighted by Crippen LogP contribution is 2.40. The van der Waals surface area contributed by atoms with Crippen molar-refractivity contribution in [3.8, 4) is 22.5 Å². The first-order chi connectivity index (χ1) is 35.9. The number of rotatable bonds is 8. The summed E-state index contributed by atoms with van der Waals surface area (Å²) in [5.74, 6) is -0.283. The number of carbonyl (C=O) groups is 3. The lowest BCUT2D eigenvalue weighted by atomic mass is 9.78. The van der Waals surface area contributed by atoms with E-state index >= 15 is 0 Å². The Labute approximate surface area is 454 Å². The van der Waals surface area contributed by atoms with Gasteiger partial charge in [0.25, 0.3) is 11.8 Å². The molecule has 0 atom stereocenters. The largest absolute Gasteiger partial charge is 0.490 e. The second kappa shape index (κ2) is 23.1. The summed E-state index contributed by atoms with van der Waals surface area (Å²) in [5.41, 5.74) is 11.3. The zero-order valence-corrected chi connectivity index (χ0v) is 44.9. The van der Waals surface area contributed by atoms with E-state index in [9.17, 15) is 14.4 Å². The van der Waals surface area contributed by atoms with E-state index in [0.29, 0.717) is 24.2 Å². The predicted molar refractivity (Wildman–Crippen MR) is 308 cm³/mol. The fourth-order valence-electron chi connectivity index (χ4n) is 8.92.